The molecular formula is C13H16ClN3O. The summed E-state index contributed by atoms with van der Waals surface area (Å²) in [6, 6.07) is 4.94. The Balaban J connectivity index is 2.84. The van der Waals surface area contributed by atoms with Crippen molar-refractivity contribution >= 4 is 23.3 Å². The quantitative estimate of drug-likeness (QED) is 0.718. The molecule has 0 aliphatic carbocycles. The van der Waals surface area contributed by atoms with E-state index in [9.17, 15) is 4.79 Å². The SMILES string of the molecule is CC(C)NC(=O)Nc1cc(C#CCN)ccc1Cl. The van der Waals surface area contributed by atoms with Crippen molar-refractivity contribution in [3.63, 3.8) is 0 Å². The second-order valence-electron chi connectivity index (χ2n) is 3.95. The summed E-state index contributed by atoms with van der Waals surface area (Å²) in [6.45, 7) is 4.05. The number of hydrogen-bond acceptors (Lipinski definition) is 2. The highest BCUT2D eigenvalue weighted by atomic mass is 35.5. The second kappa shape index (κ2) is 6.90. The summed E-state index contributed by atoms with van der Waals surface area (Å²) in [7, 11) is 0. The van der Waals surface area contributed by atoms with Gasteiger partial charge in [-0.15, -0.1) is 0 Å². The van der Waals surface area contributed by atoms with Gasteiger partial charge in [-0.25, -0.2) is 4.79 Å². The Kier molecular flexibility index (Phi) is 5.50. The third-order valence-corrected chi connectivity index (χ3v) is 2.30. The molecule has 1 rings (SSSR count). The smallest absolute Gasteiger partial charge is 0.319 e. The van der Waals surface area contributed by atoms with Gasteiger partial charge >= 0.3 is 6.03 Å². The first-order chi connectivity index (χ1) is 8.52. The fourth-order valence-corrected chi connectivity index (χ4v) is 1.44. The first-order valence-electron chi connectivity index (χ1n) is 5.59. The lowest BCUT2D eigenvalue weighted by Gasteiger charge is -2.11. The molecule has 0 spiro atoms. The molecule has 2 amide bonds. The van der Waals surface area contributed by atoms with Crippen molar-refractivity contribution in [3.05, 3.63) is 28.8 Å². The Labute approximate surface area is 112 Å². The van der Waals surface area contributed by atoms with E-state index in [1.54, 1.807) is 18.2 Å². The summed E-state index contributed by atoms with van der Waals surface area (Å²) in [5.74, 6) is 5.62. The van der Waals surface area contributed by atoms with E-state index in [0.717, 1.165) is 5.56 Å². The molecule has 1 aromatic carbocycles. The number of urea groups is 1. The van der Waals surface area contributed by atoms with Crippen molar-refractivity contribution < 1.29 is 4.79 Å². The predicted molar refractivity (Wildman–Crippen MR) is 74.7 cm³/mol. The molecule has 0 fully saturated rings. The lowest BCUT2D eigenvalue weighted by molar-refractivity contribution is 0.250. The van der Waals surface area contributed by atoms with Crippen molar-refractivity contribution in [2.45, 2.75) is 19.9 Å². The molecule has 96 valence electrons. The van der Waals surface area contributed by atoms with E-state index in [1.165, 1.54) is 0 Å². The average Bonchev–Trinajstić information content (AvgIpc) is 2.29. The molecule has 0 aliphatic heterocycles. The molecule has 0 saturated carbocycles. The third kappa shape index (κ3) is 4.66. The first-order valence-corrected chi connectivity index (χ1v) is 5.96. The summed E-state index contributed by atoms with van der Waals surface area (Å²) in [6.07, 6.45) is 0. The maximum Gasteiger partial charge on any atom is 0.319 e. The van der Waals surface area contributed by atoms with E-state index in [4.69, 9.17) is 17.3 Å². The zero-order valence-electron chi connectivity index (χ0n) is 10.4. The molecule has 0 unspecified atom stereocenters. The van der Waals surface area contributed by atoms with Gasteiger partial charge in [0.1, 0.15) is 0 Å². The Hall–Kier alpha value is -1.70. The van der Waals surface area contributed by atoms with Crippen molar-refractivity contribution in [1.82, 2.24) is 5.32 Å². The lowest BCUT2D eigenvalue weighted by Crippen LogP contribution is -2.34. The topological polar surface area (TPSA) is 67.2 Å². The number of rotatable bonds is 2. The molecule has 0 atom stereocenters. The number of nitrogens with one attached hydrogen (secondary N) is 2. The van der Waals surface area contributed by atoms with E-state index < -0.39 is 0 Å². The number of amides is 2. The molecule has 4 nitrogen and oxygen atoms in total. The van der Waals surface area contributed by atoms with Crippen LogP contribution in [0, 0.1) is 11.8 Å². The van der Waals surface area contributed by atoms with Crippen molar-refractivity contribution in [1.29, 1.82) is 0 Å². The number of carbonyl (C=O) groups excluding carboxylic acids is 1. The molecule has 0 aromatic heterocycles. The monoisotopic (exact) mass is 265 g/mol. The third-order valence-electron chi connectivity index (χ3n) is 1.97. The van der Waals surface area contributed by atoms with Crippen LogP contribution in [-0.4, -0.2) is 18.6 Å². The van der Waals surface area contributed by atoms with Crippen LogP contribution in [0.5, 0.6) is 0 Å². The van der Waals surface area contributed by atoms with Crippen LogP contribution >= 0.6 is 11.6 Å². The van der Waals surface area contributed by atoms with E-state index in [-0.39, 0.29) is 12.1 Å². The number of hydrogen-bond donors (Lipinski definition) is 3. The van der Waals surface area contributed by atoms with Gasteiger partial charge in [0.2, 0.25) is 0 Å². The van der Waals surface area contributed by atoms with Crippen LogP contribution in [0.15, 0.2) is 18.2 Å². The maximum absolute atomic E-state index is 11.6. The number of halogens is 1. The summed E-state index contributed by atoms with van der Waals surface area (Å²) in [5.41, 5.74) is 6.58. The minimum atomic E-state index is -0.296. The minimum Gasteiger partial charge on any atom is -0.336 e. The van der Waals surface area contributed by atoms with Crippen LogP contribution in [0.4, 0.5) is 10.5 Å². The van der Waals surface area contributed by atoms with E-state index in [1.807, 2.05) is 13.8 Å². The molecular weight excluding hydrogens is 250 g/mol. The highest BCUT2D eigenvalue weighted by Gasteiger charge is 2.06. The summed E-state index contributed by atoms with van der Waals surface area (Å²) < 4.78 is 0. The molecule has 1 aromatic rings. The molecule has 0 saturated heterocycles. The number of benzene rings is 1. The van der Waals surface area contributed by atoms with E-state index in [2.05, 4.69) is 22.5 Å². The van der Waals surface area contributed by atoms with Gasteiger partial charge in [-0.05, 0) is 32.0 Å². The van der Waals surface area contributed by atoms with Gasteiger partial charge in [-0.2, -0.15) is 0 Å². The highest BCUT2D eigenvalue weighted by molar-refractivity contribution is 6.33. The zero-order valence-corrected chi connectivity index (χ0v) is 11.1. The molecule has 0 heterocycles. The average molecular weight is 266 g/mol. The van der Waals surface area contributed by atoms with Crippen LogP contribution < -0.4 is 16.4 Å². The summed E-state index contributed by atoms with van der Waals surface area (Å²) in [4.78, 5) is 11.6. The lowest BCUT2D eigenvalue weighted by atomic mass is 10.2. The maximum atomic E-state index is 11.6. The number of carbonyl (C=O) groups is 1. The van der Waals surface area contributed by atoms with Gasteiger partial charge in [0.05, 0.1) is 17.3 Å². The van der Waals surface area contributed by atoms with Crippen LogP contribution in [-0.2, 0) is 0 Å². The molecule has 5 heteroatoms. The highest BCUT2D eigenvalue weighted by Crippen LogP contribution is 2.22. The first kappa shape index (κ1) is 14.4. The standard InChI is InChI=1S/C13H16ClN3O/c1-9(2)16-13(18)17-12-8-10(4-3-7-15)5-6-11(12)14/h5-6,8-9H,7,15H2,1-2H3,(H2,16,17,18). The molecule has 0 aliphatic rings. The minimum absolute atomic E-state index is 0.0592. The fourth-order valence-electron chi connectivity index (χ4n) is 1.27. The van der Waals surface area contributed by atoms with Gasteiger partial charge in [0.15, 0.2) is 0 Å². The zero-order chi connectivity index (χ0) is 13.5. The summed E-state index contributed by atoms with van der Waals surface area (Å²) >= 11 is 6.00. The Morgan fingerprint density at radius 1 is 1.50 bits per heavy atom. The molecule has 0 bridgehead atoms. The Bertz CT molecular complexity index is 489. The van der Waals surface area contributed by atoms with Crippen molar-refractivity contribution in [2.75, 3.05) is 11.9 Å². The summed E-state index contributed by atoms with van der Waals surface area (Å²) in [5, 5.41) is 5.86. The largest absolute Gasteiger partial charge is 0.336 e. The van der Waals surface area contributed by atoms with Gasteiger partial charge < -0.3 is 16.4 Å². The van der Waals surface area contributed by atoms with Crippen LogP contribution in [0.1, 0.15) is 19.4 Å². The predicted octanol–water partition coefficient (Wildman–Crippen LogP) is 2.18. The number of nitrogens with two attached hydrogens (primary N) is 1. The normalized spacial score (nSPS) is 9.61. The molecule has 18 heavy (non-hydrogen) atoms. The van der Waals surface area contributed by atoms with Crippen LogP contribution in [0.25, 0.3) is 0 Å². The van der Waals surface area contributed by atoms with E-state index >= 15 is 0 Å². The Morgan fingerprint density at radius 3 is 2.83 bits per heavy atom. The Morgan fingerprint density at radius 2 is 2.22 bits per heavy atom. The van der Waals surface area contributed by atoms with Crippen molar-refractivity contribution in [3.8, 4) is 11.8 Å². The van der Waals surface area contributed by atoms with Gasteiger partial charge in [-0.1, -0.05) is 23.4 Å². The van der Waals surface area contributed by atoms with Gasteiger partial charge in [0, 0.05) is 11.6 Å². The van der Waals surface area contributed by atoms with Gasteiger partial charge in [0.25, 0.3) is 0 Å². The number of anilines is 1. The van der Waals surface area contributed by atoms with Gasteiger partial charge in [-0.3, -0.25) is 0 Å². The molecule has 4 N–H and O–H groups in total. The fraction of sp³-hybridized carbons (Fsp3) is 0.308. The second-order valence-corrected chi connectivity index (χ2v) is 4.36. The van der Waals surface area contributed by atoms with E-state index in [0.29, 0.717) is 17.3 Å². The van der Waals surface area contributed by atoms with Crippen molar-refractivity contribution in [2.24, 2.45) is 5.73 Å². The molecule has 0 radical (unpaired) electrons. The van der Waals surface area contributed by atoms with Crippen LogP contribution in [0.2, 0.25) is 5.02 Å². The van der Waals surface area contributed by atoms with Crippen LogP contribution in [0.3, 0.4) is 0 Å².